The number of aliphatic imine (C=N–C) groups is 1. The van der Waals surface area contributed by atoms with E-state index in [0.29, 0.717) is 38.8 Å². The van der Waals surface area contributed by atoms with Gasteiger partial charge in [0.2, 0.25) is 0 Å². The predicted molar refractivity (Wildman–Crippen MR) is 173 cm³/mol. The van der Waals surface area contributed by atoms with Crippen molar-refractivity contribution in [3.8, 4) is 5.75 Å². The van der Waals surface area contributed by atoms with Crippen molar-refractivity contribution in [3.63, 3.8) is 0 Å². The summed E-state index contributed by atoms with van der Waals surface area (Å²) in [6, 6.07) is 19.1. The van der Waals surface area contributed by atoms with Gasteiger partial charge in [0, 0.05) is 23.7 Å². The SMILES string of the molecule is CCOC(=O)C1=C(O)/C(=C/c2cn(Cc3ccc(Cl)c(Cl)c3)c3c(CC)cccc23)SC1=Nc1ccc(OCC)cc1. The second-order valence-corrected chi connectivity index (χ2v) is 11.4. The maximum absolute atomic E-state index is 12.9. The van der Waals surface area contributed by atoms with Gasteiger partial charge in [-0.25, -0.2) is 9.79 Å². The number of carbonyl (C=O) groups excluding carboxylic acids is 1. The molecule has 0 amide bonds. The lowest BCUT2D eigenvalue weighted by atomic mass is 10.1. The van der Waals surface area contributed by atoms with Crippen LogP contribution in [0.2, 0.25) is 10.0 Å². The Morgan fingerprint density at radius 2 is 1.81 bits per heavy atom. The van der Waals surface area contributed by atoms with Gasteiger partial charge in [0.15, 0.2) is 0 Å². The molecule has 1 aliphatic rings. The molecule has 0 saturated heterocycles. The molecule has 42 heavy (non-hydrogen) atoms. The number of halogens is 2. The van der Waals surface area contributed by atoms with Gasteiger partial charge in [-0.1, -0.05) is 66.2 Å². The van der Waals surface area contributed by atoms with Crippen LogP contribution < -0.4 is 4.74 Å². The van der Waals surface area contributed by atoms with E-state index in [2.05, 4.69) is 34.8 Å². The van der Waals surface area contributed by atoms with Crippen LogP contribution in [-0.4, -0.2) is 33.9 Å². The van der Waals surface area contributed by atoms with Gasteiger partial charge in [-0.3, -0.25) is 0 Å². The molecule has 9 heteroatoms. The Hall–Kier alpha value is -3.65. The Morgan fingerprint density at radius 1 is 1.02 bits per heavy atom. The summed E-state index contributed by atoms with van der Waals surface area (Å²) in [4.78, 5) is 18.1. The molecule has 0 radical (unpaired) electrons. The average Bonchev–Trinajstić information content (AvgIpc) is 3.48. The molecule has 1 aliphatic heterocycles. The second kappa shape index (κ2) is 13.1. The summed E-state index contributed by atoms with van der Waals surface area (Å²) in [5, 5.41) is 13.7. The summed E-state index contributed by atoms with van der Waals surface area (Å²) in [7, 11) is 0. The molecular weight excluding hydrogens is 591 g/mol. The van der Waals surface area contributed by atoms with E-state index in [4.69, 9.17) is 32.7 Å². The fourth-order valence-corrected chi connectivity index (χ4v) is 6.21. The second-order valence-electron chi connectivity index (χ2n) is 9.53. The molecule has 4 aromatic rings. The number of carbonyl (C=O) groups is 1. The molecular formula is C33H30Cl2N2O4S. The van der Waals surface area contributed by atoms with Gasteiger partial charge in [0.25, 0.3) is 0 Å². The Bertz CT molecular complexity index is 1740. The van der Waals surface area contributed by atoms with E-state index in [-0.39, 0.29) is 17.9 Å². The number of esters is 1. The Balaban J connectivity index is 1.58. The number of nitrogens with zero attached hydrogens (tertiary/aromatic N) is 2. The number of aromatic nitrogens is 1. The molecule has 2 heterocycles. The van der Waals surface area contributed by atoms with E-state index in [0.717, 1.165) is 34.2 Å². The van der Waals surface area contributed by atoms with Crippen molar-refractivity contribution in [2.75, 3.05) is 13.2 Å². The van der Waals surface area contributed by atoms with E-state index >= 15 is 0 Å². The van der Waals surface area contributed by atoms with Crippen LogP contribution in [0.15, 0.2) is 88.1 Å². The summed E-state index contributed by atoms with van der Waals surface area (Å²) >= 11 is 13.7. The van der Waals surface area contributed by atoms with Crippen molar-refractivity contribution in [2.24, 2.45) is 4.99 Å². The summed E-state index contributed by atoms with van der Waals surface area (Å²) in [5.74, 6) is -0.0418. The zero-order valence-electron chi connectivity index (χ0n) is 23.5. The monoisotopic (exact) mass is 620 g/mol. The first-order chi connectivity index (χ1) is 20.3. The minimum Gasteiger partial charge on any atom is -0.506 e. The molecule has 5 rings (SSSR count). The third-order valence-corrected chi connectivity index (χ3v) is 8.52. The van der Waals surface area contributed by atoms with Crippen molar-refractivity contribution in [1.82, 2.24) is 4.57 Å². The van der Waals surface area contributed by atoms with Gasteiger partial charge in [0.05, 0.1) is 39.4 Å². The van der Waals surface area contributed by atoms with Crippen LogP contribution in [-0.2, 0) is 22.5 Å². The normalized spacial score (nSPS) is 15.3. The van der Waals surface area contributed by atoms with E-state index < -0.39 is 5.97 Å². The van der Waals surface area contributed by atoms with Gasteiger partial charge < -0.3 is 19.1 Å². The lowest BCUT2D eigenvalue weighted by molar-refractivity contribution is -0.138. The van der Waals surface area contributed by atoms with E-state index in [1.165, 1.54) is 17.3 Å². The van der Waals surface area contributed by atoms with Crippen molar-refractivity contribution < 1.29 is 19.4 Å². The Morgan fingerprint density at radius 3 is 2.50 bits per heavy atom. The lowest BCUT2D eigenvalue weighted by Gasteiger charge is -2.09. The number of hydrogen-bond acceptors (Lipinski definition) is 6. The molecule has 0 aliphatic carbocycles. The van der Waals surface area contributed by atoms with Crippen LogP contribution in [0.3, 0.4) is 0 Å². The highest BCUT2D eigenvalue weighted by Crippen LogP contribution is 2.41. The molecule has 0 fully saturated rings. The number of aliphatic hydroxyl groups excluding tert-OH is 1. The van der Waals surface area contributed by atoms with Gasteiger partial charge in [-0.15, -0.1) is 0 Å². The molecule has 1 aromatic heterocycles. The van der Waals surface area contributed by atoms with Crippen LogP contribution in [0.5, 0.6) is 5.75 Å². The number of aliphatic hydroxyl groups is 1. The number of benzene rings is 3. The van der Waals surface area contributed by atoms with Gasteiger partial charge in [-0.05, 0) is 73.9 Å². The first kappa shape index (κ1) is 29.8. The highest BCUT2D eigenvalue weighted by atomic mass is 35.5. The predicted octanol–water partition coefficient (Wildman–Crippen LogP) is 9.15. The maximum Gasteiger partial charge on any atom is 0.344 e. The van der Waals surface area contributed by atoms with Crippen LogP contribution in [0, 0.1) is 0 Å². The molecule has 0 spiro atoms. The zero-order valence-corrected chi connectivity index (χ0v) is 25.8. The number of ether oxygens (including phenoxy) is 2. The van der Waals surface area contributed by atoms with Crippen LogP contribution >= 0.6 is 35.0 Å². The summed E-state index contributed by atoms with van der Waals surface area (Å²) in [6.07, 6.45) is 4.80. The van der Waals surface area contributed by atoms with Crippen molar-refractivity contribution in [2.45, 2.75) is 33.7 Å². The van der Waals surface area contributed by atoms with Crippen LogP contribution in [0.4, 0.5) is 5.69 Å². The largest absolute Gasteiger partial charge is 0.506 e. The lowest BCUT2D eigenvalue weighted by Crippen LogP contribution is -2.12. The van der Waals surface area contributed by atoms with Gasteiger partial charge >= 0.3 is 5.97 Å². The number of thioether (sulfide) groups is 1. The summed E-state index contributed by atoms with van der Waals surface area (Å²) in [5.41, 5.74) is 4.89. The van der Waals surface area contributed by atoms with Crippen LogP contribution in [0.1, 0.15) is 37.5 Å². The fourth-order valence-electron chi connectivity index (χ4n) is 4.86. The minimum absolute atomic E-state index is 0.0516. The molecule has 1 N–H and O–H groups in total. The average molecular weight is 622 g/mol. The molecule has 3 aromatic carbocycles. The van der Waals surface area contributed by atoms with E-state index in [9.17, 15) is 9.90 Å². The molecule has 6 nitrogen and oxygen atoms in total. The summed E-state index contributed by atoms with van der Waals surface area (Å²) in [6.45, 7) is 7.10. The minimum atomic E-state index is -0.620. The molecule has 0 saturated carbocycles. The Labute approximate surface area is 259 Å². The maximum atomic E-state index is 12.9. The first-order valence-corrected chi connectivity index (χ1v) is 15.3. The van der Waals surface area contributed by atoms with Crippen molar-refractivity contribution in [3.05, 3.63) is 110 Å². The fraction of sp³-hybridized carbons (Fsp3) is 0.212. The zero-order chi connectivity index (χ0) is 29.8. The molecule has 216 valence electrons. The highest BCUT2D eigenvalue weighted by molar-refractivity contribution is 8.18. The molecule has 0 atom stereocenters. The summed E-state index contributed by atoms with van der Waals surface area (Å²) < 4.78 is 13.0. The highest BCUT2D eigenvalue weighted by Gasteiger charge is 2.33. The third kappa shape index (κ3) is 6.24. The van der Waals surface area contributed by atoms with Crippen molar-refractivity contribution >= 4 is 68.6 Å². The molecule has 0 unspecified atom stereocenters. The standard InChI is InChI=1S/C33H30Cl2N2O4S/c1-4-21-8-7-9-25-22(19-37(30(21)25)18-20-10-15-26(34)27(35)16-20)17-28-31(38)29(33(39)41-6-3)32(42-28)36-23-11-13-24(14-12-23)40-5-2/h7-17,19,38H,4-6,18H2,1-3H3/b28-17-,36-32?. The van der Waals surface area contributed by atoms with Gasteiger partial charge in [-0.2, -0.15) is 0 Å². The van der Waals surface area contributed by atoms with Crippen molar-refractivity contribution in [1.29, 1.82) is 0 Å². The third-order valence-electron chi connectivity index (χ3n) is 6.77. The van der Waals surface area contributed by atoms with Crippen LogP contribution in [0.25, 0.3) is 17.0 Å². The molecule has 0 bridgehead atoms. The smallest absolute Gasteiger partial charge is 0.344 e. The number of fused-ring (bicyclic) bond motifs is 1. The number of rotatable bonds is 9. The number of aryl methyl sites for hydroxylation is 1. The first-order valence-electron chi connectivity index (χ1n) is 13.7. The van der Waals surface area contributed by atoms with E-state index in [1.807, 2.05) is 55.5 Å². The van der Waals surface area contributed by atoms with E-state index in [1.54, 1.807) is 13.0 Å². The Kier molecular flexibility index (Phi) is 9.31. The number of hydrogen-bond donors (Lipinski definition) is 1. The van der Waals surface area contributed by atoms with Gasteiger partial charge in [0.1, 0.15) is 22.1 Å². The number of para-hydroxylation sites is 1. The quantitative estimate of drug-likeness (QED) is 0.189. The topological polar surface area (TPSA) is 73.0 Å².